The molecule has 0 aromatic rings. The molecule has 0 spiro atoms. The molecule has 1 heterocycles. The number of rotatable bonds is 0. The van der Waals surface area contributed by atoms with Gasteiger partial charge in [-0.1, -0.05) is 0 Å². The fourth-order valence-corrected chi connectivity index (χ4v) is 1.32. The standard InChI is InChI=1S/C12H24O6.C2H6O.2ClH.Gd/c1-2-14-5-6-16-9-10-18-12-11-17-8-7-15-4-3-13-1;1-2-3;;;/h1-12H2;3H,2H2,1H3;2*1H;/q;;;;+2/p-2. The molecule has 0 atom stereocenters. The number of ether oxygens (including phenoxy) is 6. The SMILES string of the molecule is C1COCCOCCOCCOCCOCCO1.CCO.[Cl][Gd][Cl]. The fraction of sp³-hybridized carbons (Fsp3) is 1.00. The molecule has 10 heteroatoms. The summed E-state index contributed by atoms with van der Waals surface area (Å²) >= 11 is -0.639. The predicted molar refractivity (Wildman–Crippen MR) is 89.4 cm³/mol. The summed E-state index contributed by atoms with van der Waals surface area (Å²) in [5.74, 6) is 9.81. The molecule has 1 N–H and O–H groups in total. The summed E-state index contributed by atoms with van der Waals surface area (Å²) in [6, 6.07) is 0. The van der Waals surface area contributed by atoms with Crippen molar-refractivity contribution in [2.45, 2.75) is 6.92 Å². The molecule has 0 radical (unpaired) electrons. The van der Waals surface area contributed by atoms with Crippen LogP contribution in [-0.2, 0) is 28.4 Å². The number of aliphatic hydroxyl groups excluding tert-OH is 1. The second kappa shape index (κ2) is 29.4. The fourth-order valence-electron chi connectivity index (χ4n) is 1.32. The van der Waals surface area contributed by atoms with Gasteiger partial charge in [-0.05, 0) is 6.92 Å². The zero-order chi connectivity index (χ0) is 18.1. The van der Waals surface area contributed by atoms with Crippen molar-refractivity contribution >= 4 is 11.9 Å². The van der Waals surface area contributed by atoms with Crippen LogP contribution >= 0.6 is 11.9 Å². The van der Waals surface area contributed by atoms with E-state index in [0.29, 0.717) is 79.3 Å². The molecule has 1 saturated heterocycles. The first kappa shape index (κ1) is 27.8. The Hall–Kier alpha value is 1.62. The summed E-state index contributed by atoms with van der Waals surface area (Å²) < 4.78 is 32.0. The van der Waals surface area contributed by atoms with Gasteiger partial charge in [-0.15, -0.1) is 0 Å². The Kier molecular flexibility index (Phi) is 34.1. The molecule has 0 saturated carbocycles. The van der Waals surface area contributed by atoms with Crippen molar-refractivity contribution in [2.24, 2.45) is 0 Å². The van der Waals surface area contributed by atoms with E-state index in [0.717, 1.165) is 0 Å². The number of halogens is 2. The molecule has 0 aromatic carbocycles. The molecule has 1 aliphatic rings. The molecule has 1 fully saturated rings. The van der Waals surface area contributed by atoms with Gasteiger partial charge in [-0.3, -0.25) is 0 Å². The van der Waals surface area contributed by atoms with E-state index in [1.54, 1.807) is 6.92 Å². The number of hydrogen-bond donors (Lipinski definition) is 1. The zero-order valence-electron chi connectivity index (χ0n) is 14.2. The van der Waals surface area contributed by atoms with E-state index in [1.807, 2.05) is 0 Å². The van der Waals surface area contributed by atoms with Crippen molar-refractivity contribution in [1.82, 2.24) is 0 Å². The van der Waals surface area contributed by atoms with E-state index in [2.05, 4.69) is 0 Å². The Bertz CT molecular complexity index is 131. The van der Waals surface area contributed by atoms with E-state index < -0.39 is 32.8 Å². The molecule has 0 unspecified atom stereocenters. The average Bonchev–Trinajstić information content (AvgIpc) is 2.56. The van der Waals surface area contributed by atoms with Crippen molar-refractivity contribution in [2.75, 3.05) is 85.9 Å². The Morgan fingerprint density at radius 2 is 0.667 bits per heavy atom. The van der Waals surface area contributed by atoms with Crippen molar-refractivity contribution in [3.8, 4) is 0 Å². The van der Waals surface area contributed by atoms with Crippen LogP contribution in [0, 0.1) is 32.8 Å². The van der Waals surface area contributed by atoms with Crippen LogP contribution in [0.15, 0.2) is 0 Å². The van der Waals surface area contributed by atoms with E-state index in [9.17, 15) is 0 Å². The average molecular weight is 539 g/mol. The molecule has 24 heavy (non-hydrogen) atoms. The van der Waals surface area contributed by atoms with E-state index >= 15 is 0 Å². The third-order valence-electron chi connectivity index (χ3n) is 2.23. The maximum atomic E-state index is 7.57. The molecule has 0 bridgehead atoms. The van der Waals surface area contributed by atoms with Gasteiger partial charge in [0.25, 0.3) is 0 Å². The van der Waals surface area contributed by atoms with Crippen LogP contribution in [0.5, 0.6) is 0 Å². The van der Waals surface area contributed by atoms with Gasteiger partial charge in [0, 0.05) is 6.61 Å². The summed E-state index contributed by atoms with van der Waals surface area (Å²) in [6.07, 6.45) is 0. The Morgan fingerprint density at radius 1 is 0.583 bits per heavy atom. The molecule has 7 nitrogen and oxygen atoms in total. The van der Waals surface area contributed by atoms with Crippen LogP contribution in [0.4, 0.5) is 0 Å². The van der Waals surface area contributed by atoms with Gasteiger partial charge in [0.15, 0.2) is 0 Å². The Morgan fingerprint density at radius 3 is 0.750 bits per heavy atom. The van der Waals surface area contributed by atoms with Gasteiger partial charge in [-0.2, -0.15) is 0 Å². The predicted octanol–water partition coefficient (Wildman–Crippen LogP) is 1.48. The summed E-state index contributed by atoms with van der Waals surface area (Å²) in [4.78, 5) is 0. The van der Waals surface area contributed by atoms with Crippen molar-refractivity contribution < 1.29 is 66.3 Å². The third-order valence-corrected chi connectivity index (χ3v) is 2.23. The maximum absolute atomic E-state index is 7.57. The summed E-state index contributed by atoms with van der Waals surface area (Å²) in [6.45, 7) is 8.97. The minimum absolute atomic E-state index is 0.250. The first-order valence-corrected chi connectivity index (χ1v) is 13.4. The summed E-state index contributed by atoms with van der Waals surface area (Å²) in [7, 11) is 0. The second-order valence-corrected chi connectivity index (χ2v) is 7.36. The van der Waals surface area contributed by atoms with Gasteiger partial charge in [0.1, 0.15) is 0 Å². The van der Waals surface area contributed by atoms with Crippen LogP contribution in [0.1, 0.15) is 6.92 Å². The second-order valence-electron chi connectivity index (χ2n) is 4.04. The van der Waals surface area contributed by atoms with Crippen LogP contribution < -0.4 is 0 Å². The first-order valence-electron chi connectivity index (χ1n) is 7.75. The molecule has 150 valence electrons. The van der Waals surface area contributed by atoms with Crippen LogP contribution in [0.3, 0.4) is 0 Å². The molecule has 1 rings (SSSR count). The molecular weight excluding hydrogens is 508 g/mol. The van der Waals surface area contributed by atoms with Crippen molar-refractivity contribution in [3.63, 3.8) is 0 Å². The van der Waals surface area contributed by atoms with Gasteiger partial charge in [0.05, 0.1) is 79.3 Å². The normalized spacial score (nSPS) is 19.7. The van der Waals surface area contributed by atoms with Gasteiger partial charge in [-0.25, -0.2) is 0 Å². The van der Waals surface area contributed by atoms with Gasteiger partial charge < -0.3 is 33.5 Å². The molecular formula is C14H30Cl2GdO7. The van der Waals surface area contributed by atoms with Crippen LogP contribution in [0.2, 0.25) is 0 Å². The van der Waals surface area contributed by atoms with Crippen molar-refractivity contribution in [3.05, 3.63) is 0 Å². The third kappa shape index (κ3) is 31.4. The number of aliphatic hydroxyl groups is 1. The zero-order valence-corrected chi connectivity index (χ0v) is 18.0. The quantitative estimate of drug-likeness (QED) is 0.501. The van der Waals surface area contributed by atoms with E-state index in [1.165, 1.54) is 0 Å². The summed E-state index contributed by atoms with van der Waals surface area (Å²) in [5, 5.41) is 7.57. The van der Waals surface area contributed by atoms with Gasteiger partial charge in [0.2, 0.25) is 0 Å². The van der Waals surface area contributed by atoms with Crippen LogP contribution in [0.25, 0.3) is 0 Å². The molecule has 0 amide bonds. The van der Waals surface area contributed by atoms with E-state index in [-0.39, 0.29) is 6.61 Å². The Balaban J connectivity index is 0. The topological polar surface area (TPSA) is 75.6 Å². The van der Waals surface area contributed by atoms with Crippen molar-refractivity contribution in [1.29, 1.82) is 0 Å². The Labute approximate surface area is 169 Å². The van der Waals surface area contributed by atoms with Crippen LogP contribution in [-0.4, -0.2) is 91.0 Å². The number of hydrogen-bond acceptors (Lipinski definition) is 7. The molecule has 1 aliphatic heterocycles. The van der Waals surface area contributed by atoms with E-state index in [4.69, 9.17) is 45.5 Å². The summed E-state index contributed by atoms with van der Waals surface area (Å²) in [5.41, 5.74) is 0. The monoisotopic (exact) mass is 538 g/mol. The first-order chi connectivity index (χ1) is 11.8. The molecule has 0 aliphatic carbocycles. The minimum atomic E-state index is -0.639. The molecule has 0 aromatic heterocycles. The van der Waals surface area contributed by atoms with Gasteiger partial charge >= 0.3 is 44.7 Å².